The summed E-state index contributed by atoms with van der Waals surface area (Å²) >= 11 is 0. The fourth-order valence-corrected chi connectivity index (χ4v) is 7.22. The fourth-order valence-electron chi connectivity index (χ4n) is 7.22. The molecule has 0 bridgehead atoms. The number of hydrogen-bond donors (Lipinski definition) is 2. The van der Waals surface area contributed by atoms with E-state index in [0.29, 0.717) is 18.8 Å². The van der Waals surface area contributed by atoms with Gasteiger partial charge in [0.25, 0.3) is 0 Å². The number of aliphatic hydroxyl groups is 2. The Morgan fingerprint density at radius 1 is 1.03 bits per heavy atom. The zero-order valence-electron chi connectivity index (χ0n) is 26.8. The first kappa shape index (κ1) is 34.4. The Morgan fingerprint density at radius 2 is 1.64 bits per heavy atom. The van der Waals surface area contributed by atoms with Gasteiger partial charge in [0.2, 0.25) is 0 Å². The molecule has 8 nitrogen and oxygen atoms in total. The molecule has 2 heterocycles. The molecule has 1 unspecified atom stereocenters. The Balaban J connectivity index is 2.45. The van der Waals surface area contributed by atoms with Crippen LogP contribution in [0.3, 0.4) is 0 Å². The summed E-state index contributed by atoms with van der Waals surface area (Å²) in [7, 11) is 3.70. The SMILES string of the molecule is CC[C@H]1OC(=O)[C@H](C)[C@@H](O[C@H]2C[C@@](C)(OC)C[C@H](C)O2)[C@H](C)CC(C)(C)C[C@@H](C)CN(C)[C@H](C)C(O)[C@]1(C)O. The number of carbonyl (C=O) groups is 1. The summed E-state index contributed by atoms with van der Waals surface area (Å²) in [5, 5.41) is 22.7. The molecule has 0 aromatic rings. The van der Waals surface area contributed by atoms with E-state index < -0.39 is 42.1 Å². The lowest BCUT2D eigenvalue weighted by molar-refractivity contribution is -0.265. The van der Waals surface area contributed by atoms with Crippen molar-refractivity contribution in [2.24, 2.45) is 23.2 Å². The normalized spacial score (nSPS) is 45.7. The number of nitrogens with zero attached hydrogens (tertiary/aromatic N) is 1. The molecule has 11 atom stereocenters. The topological polar surface area (TPSA) is 97.7 Å². The molecule has 2 fully saturated rings. The molecular formula is C31H59NO7. The van der Waals surface area contributed by atoms with Gasteiger partial charge in [0.15, 0.2) is 6.29 Å². The molecule has 230 valence electrons. The number of likely N-dealkylation sites (N-methyl/N-ethyl adjacent to an activating group) is 1. The molecule has 0 saturated carbocycles. The van der Waals surface area contributed by atoms with Crippen LogP contribution in [0.2, 0.25) is 0 Å². The van der Waals surface area contributed by atoms with E-state index >= 15 is 0 Å². The number of carbonyl (C=O) groups excluding carboxylic acids is 1. The van der Waals surface area contributed by atoms with Gasteiger partial charge < -0.3 is 34.1 Å². The highest BCUT2D eigenvalue weighted by Gasteiger charge is 2.47. The van der Waals surface area contributed by atoms with Crippen LogP contribution >= 0.6 is 0 Å². The average Bonchev–Trinajstić information content (AvgIpc) is 2.82. The Labute approximate surface area is 238 Å². The minimum atomic E-state index is -1.62. The number of aliphatic hydroxyl groups excluding tert-OH is 1. The predicted molar refractivity (Wildman–Crippen MR) is 153 cm³/mol. The van der Waals surface area contributed by atoms with E-state index in [1.54, 1.807) is 14.0 Å². The predicted octanol–water partition coefficient (Wildman–Crippen LogP) is 4.78. The lowest BCUT2D eigenvalue weighted by atomic mass is 9.74. The van der Waals surface area contributed by atoms with E-state index in [1.165, 1.54) is 0 Å². The Morgan fingerprint density at radius 3 is 2.21 bits per heavy atom. The number of ether oxygens (including phenoxy) is 4. The Bertz CT molecular complexity index is 789. The van der Waals surface area contributed by atoms with Crippen molar-refractivity contribution in [2.75, 3.05) is 20.7 Å². The summed E-state index contributed by atoms with van der Waals surface area (Å²) in [4.78, 5) is 15.7. The van der Waals surface area contributed by atoms with Crippen LogP contribution in [0.25, 0.3) is 0 Å². The largest absolute Gasteiger partial charge is 0.459 e. The molecule has 0 amide bonds. The summed E-state index contributed by atoms with van der Waals surface area (Å²) in [6, 6.07) is -0.323. The van der Waals surface area contributed by atoms with Gasteiger partial charge in [-0.1, -0.05) is 34.6 Å². The number of hydrogen-bond acceptors (Lipinski definition) is 8. The molecule has 2 aliphatic heterocycles. The minimum absolute atomic E-state index is 0.00779. The molecular weight excluding hydrogens is 498 g/mol. The van der Waals surface area contributed by atoms with Gasteiger partial charge in [-0.3, -0.25) is 4.79 Å². The van der Waals surface area contributed by atoms with Crippen molar-refractivity contribution >= 4 is 5.97 Å². The highest BCUT2D eigenvalue weighted by atomic mass is 16.7. The zero-order valence-corrected chi connectivity index (χ0v) is 26.8. The first-order valence-electron chi connectivity index (χ1n) is 15.0. The van der Waals surface area contributed by atoms with Crippen molar-refractivity contribution < 1.29 is 34.0 Å². The summed E-state index contributed by atoms with van der Waals surface area (Å²) in [6.45, 7) is 21.0. The molecule has 39 heavy (non-hydrogen) atoms. The standard InChI is InChI=1S/C31H59NO7/c1-13-24-31(10,35)27(33)23(6)32(11)18-19(2)14-29(7,8)15-20(3)26(22(5)28(34)38-24)39-25-17-30(9,36-12)16-21(4)37-25/h19-27,33,35H,13-18H2,1-12H3/t19-,20-,21+,22-,23-,24-,25+,26+,27?,30+,31-/m1/s1. The minimum Gasteiger partial charge on any atom is -0.459 e. The van der Waals surface area contributed by atoms with E-state index in [1.807, 2.05) is 34.7 Å². The molecule has 0 aromatic heterocycles. The Hall–Kier alpha value is -0.770. The zero-order chi connectivity index (χ0) is 29.9. The molecule has 0 aliphatic carbocycles. The van der Waals surface area contributed by atoms with E-state index in [9.17, 15) is 15.0 Å². The molecule has 0 spiro atoms. The van der Waals surface area contributed by atoms with Crippen LogP contribution in [0, 0.1) is 23.2 Å². The molecule has 2 aliphatic rings. The second kappa shape index (κ2) is 13.5. The third-order valence-electron chi connectivity index (χ3n) is 9.34. The third kappa shape index (κ3) is 8.86. The molecule has 0 radical (unpaired) electrons. The monoisotopic (exact) mass is 557 g/mol. The van der Waals surface area contributed by atoms with E-state index in [2.05, 4.69) is 39.5 Å². The van der Waals surface area contributed by atoms with Gasteiger partial charge in [0.1, 0.15) is 17.8 Å². The van der Waals surface area contributed by atoms with E-state index in [4.69, 9.17) is 18.9 Å². The lowest BCUT2D eigenvalue weighted by Crippen LogP contribution is -2.59. The summed E-state index contributed by atoms with van der Waals surface area (Å²) in [5.41, 5.74) is -1.99. The van der Waals surface area contributed by atoms with Crippen LogP contribution in [0.5, 0.6) is 0 Å². The maximum Gasteiger partial charge on any atom is 0.311 e. The van der Waals surface area contributed by atoms with E-state index in [0.717, 1.165) is 25.8 Å². The number of methoxy groups -OCH3 is 1. The van der Waals surface area contributed by atoms with Crippen molar-refractivity contribution in [3.05, 3.63) is 0 Å². The van der Waals surface area contributed by atoms with Gasteiger partial charge in [0.05, 0.1) is 23.7 Å². The fraction of sp³-hybridized carbons (Fsp3) is 0.968. The highest BCUT2D eigenvalue weighted by Crippen LogP contribution is 2.39. The maximum absolute atomic E-state index is 13.6. The van der Waals surface area contributed by atoms with Crippen LogP contribution in [0.1, 0.15) is 101 Å². The molecule has 2 rings (SSSR count). The average molecular weight is 558 g/mol. The van der Waals surface area contributed by atoms with Crippen molar-refractivity contribution in [1.82, 2.24) is 4.90 Å². The first-order valence-corrected chi connectivity index (χ1v) is 15.0. The van der Waals surface area contributed by atoms with Gasteiger partial charge in [-0.05, 0) is 78.2 Å². The number of cyclic esters (lactones) is 1. The molecule has 8 heteroatoms. The first-order chi connectivity index (χ1) is 17.9. The summed E-state index contributed by atoms with van der Waals surface area (Å²) in [5.74, 6) is -0.637. The van der Waals surface area contributed by atoms with Crippen molar-refractivity contribution in [3.63, 3.8) is 0 Å². The Kier molecular flexibility index (Phi) is 11.9. The summed E-state index contributed by atoms with van der Waals surface area (Å²) in [6.07, 6.45) is 0.588. The lowest BCUT2D eigenvalue weighted by Gasteiger charge is -2.43. The van der Waals surface area contributed by atoms with Crippen LogP contribution in [0.4, 0.5) is 0 Å². The maximum atomic E-state index is 13.6. The third-order valence-corrected chi connectivity index (χ3v) is 9.34. The number of rotatable bonds is 4. The smallest absolute Gasteiger partial charge is 0.311 e. The quantitative estimate of drug-likeness (QED) is 0.477. The van der Waals surface area contributed by atoms with Gasteiger partial charge in [-0.15, -0.1) is 0 Å². The second-order valence-corrected chi connectivity index (χ2v) is 14.2. The number of esters is 1. The van der Waals surface area contributed by atoms with Gasteiger partial charge >= 0.3 is 5.97 Å². The van der Waals surface area contributed by atoms with Gasteiger partial charge in [0, 0.05) is 32.5 Å². The molecule has 2 saturated heterocycles. The van der Waals surface area contributed by atoms with Crippen LogP contribution in [-0.2, 0) is 23.7 Å². The van der Waals surface area contributed by atoms with E-state index in [-0.39, 0.29) is 29.1 Å². The van der Waals surface area contributed by atoms with Crippen molar-refractivity contribution in [2.45, 2.75) is 149 Å². The van der Waals surface area contributed by atoms with Crippen molar-refractivity contribution in [3.8, 4) is 0 Å². The highest BCUT2D eigenvalue weighted by molar-refractivity contribution is 5.73. The second-order valence-electron chi connectivity index (χ2n) is 14.2. The molecule has 0 aromatic carbocycles. The van der Waals surface area contributed by atoms with Gasteiger partial charge in [-0.2, -0.15) is 0 Å². The van der Waals surface area contributed by atoms with Crippen LogP contribution in [0.15, 0.2) is 0 Å². The van der Waals surface area contributed by atoms with Crippen LogP contribution < -0.4 is 0 Å². The van der Waals surface area contributed by atoms with Crippen LogP contribution in [-0.4, -0.2) is 89.7 Å². The van der Waals surface area contributed by atoms with Gasteiger partial charge in [-0.25, -0.2) is 0 Å². The molecule has 2 N–H and O–H groups in total. The summed E-state index contributed by atoms with van der Waals surface area (Å²) < 4.78 is 24.6. The van der Waals surface area contributed by atoms with Crippen molar-refractivity contribution in [1.29, 1.82) is 0 Å².